The average Bonchev–Trinajstić information content (AvgIpc) is 2.82. The zero-order chi connectivity index (χ0) is 21.4. The van der Waals surface area contributed by atoms with Crippen LogP contribution < -0.4 is 11.5 Å². The molecule has 1 aromatic rings. The molecule has 0 heterocycles. The number of carbonyl (C=O) groups is 2. The summed E-state index contributed by atoms with van der Waals surface area (Å²) in [5.74, 6) is -0.431. The summed E-state index contributed by atoms with van der Waals surface area (Å²) >= 11 is 0. The molecule has 0 saturated heterocycles. The maximum Gasteiger partial charge on any atom is 0.334 e. The Morgan fingerprint density at radius 3 is 2.20 bits per heavy atom. The summed E-state index contributed by atoms with van der Waals surface area (Å²) < 4.78 is 5.57. The van der Waals surface area contributed by atoms with Crippen LogP contribution in [-0.4, -0.2) is 23.3 Å². The molecule has 2 atom stereocenters. The van der Waals surface area contributed by atoms with E-state index in [2.05, 4.69) is 0 Å². The first-order valence-electron chi connectivity index (χ1n) is 11.8. The average molecular weight is 415 g/mol. The number of esters is 1. The third-order valence-corrected chi connectivity index (χ3v) is 7.22. The minimum absolute atomic E-state index is 0.00481. The van der Waals surface area contributed by atoms with E-state index in [1.165, 1.54) is 19.3 Å². The molecule has 0 aliphatic heterocycles. The van der Waals surface area contributed by atoms with Crippen LogP contribution in [0, 0.1) is 11.8 Å². The number of Topliss-reactive ketones (excluding diaryl/α,β-unsaturated/α-hetero) is 1. The molecule has 0 aromatic heterocycles. The van der Waals surface area contributed by atoms with E-state index in [0.29, 0.717) is 12.3 Å². The lowest BCUT2D eigenvalue weighted by Gasteiger charge is -2.37. The van der Waals surface area contributed by atoms with E-state index in [1.54, 1.807) is 0 Å². The van der Waals surface area contributed by atoms with Crippen LogP contribution >= 0.6 is 0 Å². The second kappa shape index (κ2) is 11.1. The summed E-state index contributed by atoms with van der Waals surface area (Å²) in [6, 6.07) is 9.52. The molecule has 2 fully saturated rings. The second-order valence-electron chi connectivity index (χ2n) is 9.29. The van der Waals surface area contributed by atoms with Gasteiger partial charge < -0.3 is 16.2 Å². The first-order valence-corrected chi connectivity index (χ1v) is 11.8. The highest BCUT2D eigenvalue weighted by atomic mass is 16.5. The third-order valence-electron chi connectivity index (χ3n) is 7.22. The molecule has 2 saturated carbocycles. The standard InChI is InChI=1S/C25H38N2O3/c26-22(20-12-6-2-7-13-20)16-17-23(28)25(27,21-14-8-3-9-15-21)24(29)30-18-19-10-4-1-5-11-19/h1,4-5,10-11,20-22H,2-3,6-9,12-18,26-27H2. The first kappa shape index (κ1) is 23.0. The van der Waals surface area contributed by atoms with Crippen molar-refractivity contribution in [1.82, 2.24) is 0 Å². The summed E-state index contributed by atoms with van der Waals surface area (Å²) in [6.45, 7) is 0.139. The highest BCUT2D eigenvalue weighted by Crippen LogP contribution is 2.35. The van der Waals surface area contributed by atoms with Crippen molar-refractivity contribution in [1.29, 1.82) is 0 Å². The summed E-state index contributed by atoms with van der Waals surface area (Å²) in [4.78, 5) is 26.4. The highest BCUT2D eigenvalue weighted by molar-refractivity contribution is 6.08. The van der Waals surface area contributed by atoms with Crippen molar-refractivity contribution >= 4 is 11.8 Å². The van der Waals surface area contributed by atoms with Gasteiger partial charge in [0.05, 0.1) is 0 Å². The van der Waals surface area contributed by atoms with Crippen LogP contribution in [0.15, 0.2) is 30.3 Å². The van der Waals surface area contributed by atoms with Gasteiger partial charge in [-0.3, -0.25) is 4.79 Å². The van der Waals surface area contributed by atoms with Crippen LogP contribution in [0.2, 0.25) is 0 Å². The van der Waals surface area contributed by atoms with E-state index in [9.17, 15) is 9.59 Å². The Hall–Kier alpha value is -1.72. The van der Waals surface area contributed by atoms with Gasteiger partial charge in [0, 0.05) is 12.5 Å². The maximum atomic E-state index is 13.3. The van der Waals surface area contributed by atoms with Gasteiger partial charge in [0.1, 0.15) is 6.61 Å². The highest BCUT2D eigenvalue weighted by Gasteiger charge is 2.49. The van der Waals surface area contributed by atoms with E-state index < -0.39 is 11.5 Å². The van der Waals surface area contributed by atoms with Crippen LogP contribution in [-0.2, 0) is 20.9 Å². The number of benzene rings is 1. The molecule has 30 heavy (non-hydrogen) atoms. The fourth-order valence-corrected chi connectivity index (χ4v) is 5.21. The third kappa shape index (κ3) is 5.70. The molecule has 5 heteroatoms. The minimum atomic E-state index is -1.55. The molecular weight excluding hydrogens is 376 g/mol. The van der Waals surface area contributed by atoms with Gasteiger partial charge in [-0.1, -0.05) is 68.9 Å². The zero-order valence-electron chi connectivity index (χ0n) is 18.2. The second-order valence-corrected chi connectivity index (χ2v) is 9.29. The fraction of sp³-hybridized carbons (Fsp3) is 0.680. The predicted molar refractivity (Wildman–Crippen MR) is 119 cm³/mol. The summed E-state index contributed by atoms with van der Waals surface area (Å²) in [6.07, 6.45) is 11.6. The van der Waals surface area contributed by atoms with Crippen molar-refractivity contribution in [3.05, 3.63) is 35.9 Å². The number of ketones is 1. The molecule has 3 rings (SSSR count). The van der Waals surface area contributed by atoms with Crippen molar-refractivity contribution < 1.29 is 14.3 Å². The summed E-state index contributed by atoms with van der Waals surface area (Å²) in [7, 11) is 0. The van der Waals surface area contributed by atoms with Crippen molar-refractivity contribution in [2.45, 2.75) is 95.2 Å². The quantitative estimate of drug-likeness (QED) is 0.465. The molecule has 2 unspecified atom stereocenters. The maximum absolute atomic E-state index is 13.3. The van der Waals surface area contributed by atoms with Crippen LogP contribution in [0.1, 0.15) is 82.6 Å². The van der Waals surface area contributed by atoms with Gasteiger partial charge in [-0.25, -0.2) is 4.79 Å². The lowest BCUT2D eigenvalue weighted by molar-refractivity contribution is -0.158. The lowest BCUT2D eigenvalue weighted by Crippen LogP contribution is -2.61. The smallest absolute Gasteiger partial charge is 0.334 e. The summed E-state index contributed by atoms with van der Waals surface area (Å²) in [5, 5.41) is 0. The van der Waals surface area contributed by atoms with E-state index >= 15 is 0 Å². The zero-order valence-corrected chi connectivity index (χ0v) is 18.2. The Balaban J connectivity index is 1.65. The SMILES string of the molecule is NC(CCC(=O)C(N)(C(=O)OCc1ccccc1)C1CCCCC1)C1CCCCC1. The fourth-order valence-electron chi connectivity index (χ4n) is 5.21. The molecule has 0 spiro atoms. The summed E-state index contributed by atoms with van der Waals surface area (Å²) in [5.41, 5.74) is 12.4. The van der Waals surface area contributed by atoms with E-state index in [4.69, 9.17) is 16.2 Å². The first-order chi connectivity index (χ1) is 14.5. The van der Waals surface area contributed by atoms with Crippen LogP contribution in [0.25, 0.3) is 0 Å². The molecule has 2 aliphatic rings. The van der Waals surface area contributed by atoms with Crippen LogP contribution in [0.4, 0.5) is 0 Å². The number of hydrogen-bond donors (Lipinski definition) is 2. The molecule has 1 aromatic carbocycles. The number of ether oxygens (including phenoxy) is 1. The monoisotopic (exact) mass is 414 g/mol. The topological polar surface area (TPSA) is 95.4 Å². The van der Waals surface area contributed by atoms with E-state index in [0.717, 1.165) is 50.5 Å². The van der Waals surface area contributed by atoms with Gasteiger partial charge in [0.15, 0.2) is 11.3 Å². The Morgan fingerprint density at radius 2 is 1.57 bits per heavy atom. The normalized spacial score (nSPS) is 21.5. The number of carbonyl (C=O) groups excluding carboxylic acids is 2. The van der Waals surface area contributed by atoms with Crippen molar-refractivity contribution in [2.75, 3.05) is 0 Å². The van der Waals surface area contributed by atoms with E-state index in [1.807, 2.05) is 30.3 Å². The molecule has 0 radical (unpaired) electrons. The predicted octanol–water partition coefficient (Wildman–Crippen LogP) is 4.26. The number of hydrogen-bond acceptors (Lipinski definition) is 5. The van der Waals surface area contributed by atoms with E-state index in [-0.39, 0.29) is 30.8 Å². The molecule has 2 aliphatic carbocycles. The Bertz CT molecular complexity index is 681. The number of rotatable bonds is 9. The lowest BCUT2D eigenvalue weighted by atomic mass is 9.71. The van der Waals surface area contributed by atoms with Crippen LogP contribution in [0.3, 0.4) is 0 Å². The molecule has 5 nitrogen and oxygen atoms in total. The van der Waals surface area contributed by atoms with Gasteiger partial charge in [-0.05, 0) is 49.5 Å². The Morgan fingerprint density at radius 1 is 0.967 bits per heavy atom. The van der Waals surface area contributed by atoms with Crippen molar-refractivity contribution in [3.63, 3.8) is 0 Å². The largest absolute Gasteiger partial charge is 0.459 e. The molecule has 0 bridgehead atoms. The molecular formula is C25H38N2O3. The Labute approximate surface area is 180 Å². The molecule has 166 valence electrons. The minimum Gasteiger partial charge on any atom is -0.459 e. The van der Waals surface area contributed by atoms with Gasteiger partial charge in [0.25, 0.3) is 0 Å². The number of nitrogens with two attached hydrogens (primary N) is 2. The molecule has 0 amide bonds. The van der Waals surface area contributed by atoms with Gasteiger partial charge >= 0.3 is 5.97 Å². The van der Waals surface area contributed by atoms with Crippen molar-refractivity contribution in [3.8, 4) is 0 Å². The van der Waals surface area contributed by atoms with Crippen molar-refractivity contribution in [2.24, 2.45) is 23.3 Å². The van der Waals surface area contributed by atoms with Gasteiger partial charge in [-0.15, -0.1) is 0 Å². The van der Waals surface area contributed by atoms with Gasteiger partial charge in [0.2, 0.25) is 0 Å². The van der Waals surface area contributed by atoms with Gasteiger partial charge in [-0.2, -0.15) is 0 Å². The molecule has 4 N–H and O–H groups in total. The van der Waals surface area contributed by atoms with Crippen LogP contribution in [0.5, 0.6) is 0 Å². The Kier molecular flexibility index (Phi) is 8.46.